The van der Waals surface area contributed by atoms with E-state index < -0.39 is 11.8 Å². The SMILES string of the molecule is COc1ccc(C(=O)NC2=NC(=C(C#N)C(=O)NCC(C)C)c3ccccc32)cc1OC. The van der Waals surface area contributed by atoms with E-state index in [0.717, 1.165) is 0 Å². The maximum absolute atomic E-state index is 12.9. The molecule has 1 aliphatic rings. The molecule has 1 heterocycles. The van der Waals surface area contributed by atoms with Gasteiger partial charge in [0.25, 0.3) is 11.8 Å². The van der Waals surface area contributed by atoms with Gasteiger partial charge in [0.05, 0.1) is 19.9 Å². The quantitative estimate of drug-likeness (QED) is 0.538. The third kappa shape index (κ3) is 4.62. The highest BCUT2D eigenvalue weighted by Crippen LogP contribution is 2.31. The van der Waals surface area contributed by atoms with Crippen LogP contribution in [0.15, 0.2) is 53.0 Å². The molecule has 0 radical (unpaired) electrons. The van der Waals surface area contributed by atoms with E-state index in [0.29, 0.717) is 34.7 Å². The molecule has 8 heteroatoms. The smallest absolute Gasteiger partial charge is 0.264 e. The minimum absolute atomic E-state index is 0.103. The Morgan fingerprint density at radius 3 is 2.38 bits per heavy atom. The third-order valence-corrected chi connectivity index (χ3v) is 4.79. The molecule has 0 saturated heterocycles. The molecule has 0 fully saturated rings. The maximum atomic E-state index is 12.9. The van der Waals surface area contributed by atoms with Gasteiger partial charge < -0.3 is 20.1 Å². The molecule has 2 amide bonds. The van der Waals surface area contributed by atoms with Crippen molar-refractivity contribution in [2.75, 3.05) is 20.8 Å². The van der Waals surface area contributed by atoms with Gasteiger partial charge in [0.1, 0.15) is 17.5 Å². The lowest BCUT2D eigenvalue weighted by Crippen LogP contribution is -2.30. The molecule has 0 aliphatic carbocycles. The first-order chi connectivity index (χ1) is 15.4. The maximum Gasteiger partial charge on any atom is 0.264 e. The van der Waals surface area contributed by atoms with Crippen molar-refractivity contribution < 1.29 is 19.1 Å². The summed E-state index contributed by atoms with van der Waals surface area (Å²) in [6, 6.07) is 13.9. The van der Waals surface area contributed by atoms with Crippen molar-refractivity contribution in [3.63, 3.8) is 0 Å². The number of nitriles is 1. The fourth-order valence-electron chi connectivity index (χ4n) is 3.17. The Hall–Kier alpha value is -4.12. The summed E-state index contributed by atoms with van der Waals surface area (Å²) in [5.74, 6) is 0.511. The minimum atomic E-state index is -0.498. The van der Waals surface area contributed by atoms with Gasteiger partial charge in [-0.15, -0.1) is 0 Å². The summed E-state index contributed by atoms with van der Waals surface area (Å²) in [5, 5.41) is 15.2. The van der Waals surface area contributed by atoms with E-state index in [1.165, 1.54) is 14.2 Å². The molecular weight excluding hydrogens is 408 g/mol. The number of amidine groups is 1. The Labute approximate surface area is 186 Å². The van der Waals surface area contributed by atoms with E-state index in [-0.39, 0.29) is 23.0 Å². The van der Waals surface area contributed by atoms with Crippen LogP contribution in [0.5, 0.6) is 11.5 Å². The van der Waals surface area contributed by atoms with Gasteiger partial charge in [-0.05, 0) is 24.1 Å². The van der Waals surface area contributed by atoms with Crippen molar-refractivity contribution in [1.82, 2.24) is 10.6 Å². The van der Waals surface area contributed by atoms with E-state index in [1.54, 1.807) is 42.5 Å². The second-order valence-corrected chi connectivity index (χ2v) is 7.47. The van der Waals surface area contributed by atoms with Crippen LogP contribution in [0.1, 0.15) is 35.3 Å². The Kier molecular flexibility index (Phi) is 6.90. The van der Waals surface area contributed by atoms with Crippen LogP contribution >= 0.6 is 0 Å². The number of carbonyl (C=O) groups excluding carboxylic acids is 2. The number of fused-ring (bicyclic) bond motifs is 1. The number of hydrogen-bond acceptors (Lipinski definition) is 6. The number of aliphatic imine (C=N–C) groups is 1. The number of nitrogens with zero attached hydrogens (tertiary/aromatic N) is 2. The number of rotatable bonds is 6. The molecule has 0 bridgehead atoms. The van der Waals surface area contributed by atoms with Crippen molar-refractivity contribution >= 4 is 23.3 Å². The zero-order valence-electron chi connectivity index (χ0n) is 18.4. The molecule has 0 spiro atoms. The lowest BCUT2D eigenvalue weighted by atomic mass is 10.0. The molecular formula is C24H24N4O4. The molecule has 0 atom stereocenters. The standard InChI is InChI=1S/C24H24N4O4/c1-14(2)13-26-24(30)18(12-25)21-16-7-5-6-8-17(16)22(27-21)28-23(29)15-9-10-19(31-3)20(11-15)32-4/h5-11,14H,13H2,1-4H3,(H,26,30)(H,27,28,29). The van der Waals surface area contributed by atoms with Crippen LogP contribution in [0.3, 0.4) is 0 Å². The van der Waals surface area contributed by atoms with E-state index >= 15 is 0 Å². The number of ether oxygens (including phenoxy) is 2. The van der Waals surface area contributed by atoms with Gasteiger partial charge in [0, 0.05) is 23.2 Å². The van der Waals surface area contributed by atoms with Crippen LogP contribution in [0.25, 0.3) is 5.70 Å². The summed E-state index contributed by atoms with van der Waals surface area (Å²) in [6.07, 6.45) is 0. The Morgan fingerprint density at radius 2 is 1.75 bits per heavy atom. The molecule has 1 aliphatic heterocycles. The van der Waals surface area contributed by atoms with Crippen molar-refractivity contribution in [1.29, 1.82) is 5.26 Å². The van der Waals surface area contributed by atoms with Crippen LogP contribution < -0.4 is 20.1 Å². The number of carbonyl (C=O) groups is 2. The first kappa shape index (κ1) is 22.6. The van der Waals surface area contributed by atoms with Gasteiger partial charge >= 0.3 is 0 Å². The molecule has 2 aromatic rings. The topological polar surface area (TPSA) is 113 Å². The Balaban J connectivity index is 1.96. The van der Waals surface area contributed by atoms with Gasteiger partial charge in [-0.1, -0.05) is 38.1 Å². The molecule has 0 aromatic heterocycles. The summed E-state index contributed by atoms with van der Waals surface area (Å²) in [4.78, 5) is 29.9. The second kappa shape index (κ2) is 9.79. The van der Waals surface area contributed by atoms with Crippen molar-refractivity contribution in [2.24, 2.45) is 10.9 Å². The minimum Gasteiger partial charge on any atom is -0.493 e. The third-order valence-electron chi connectivity index (χ3n) is 4.79. The van der Waals surface area contributed by atoms with E-state index in [1.807, 2.05) is 19.9 Å². The van der Waals surface area contributed by atoms with Gasteiger partial charge in [-0.2, -0.15) is 5.26 Å². The normalized spacial score (nSPS) is 13.6. The van der Waals surface area contributed by atoms with E-state index in [4.69, 9.17) is 9.47 Å². The van der Waals surface area contributed by atoms with Crippen molar-refractivity contribution in [3.05, 3.63) is 64.7 Å². The molecule has 8 nitrogen and oxygen atoms in total. The predicted octanol–water partition coefficient (Wildman–Crippen LogP) is 2.90. The summed E-state index contributed by atoms with van der Waals surface area (Å²) in [5.41, 5.74) is 1.70. The lowest BCUT2D eigenvalue weighted by Gasteiger charge is -2.10. The number of amides is 2. The number of methoxy groups -OCH3 is 2. The lowest BCUT2D eigenvalue weighted by molar-refractivity contribution is -0.117. The zero-order valence-corrected chi connectivity index (χ0v) is 18.4. The average molecular weight is 432 g/mol. The Morgan fingerprint density at radius 1 is 1.06 bits per heavy atom. The van der Waals surface area contributed by atoms with Gasteiger partial charge in [0.2, 0.25) is 0 Å². The molecule has 0 unspecified atom stereocenters. The predicted molar refractivity (Wildman–Crippen MR) is 120 cm³/mol. The summed E-state index contributed by atoms with van der Waals surface area (Å²) >= 11 is 0. The number of benzene rings is 2. The van der Waals surface area contributed by atoms with Gasteiger partial charge in [-0.25, -0.2) is 4.99 Å². The number of hydrogen-bond donors (Lipinski definition) is 2. The van der Waals surface area contributed by atoms with Crippen LogP contribution in [0.4, 0.5) is 0 Å². The zero-order chi connectivity index (χ0) is 23.3. The average Bonchev–Trinajstić information content (AvgIpc) is 3.15. The van der Waals surface area contributed by atoms with Crippen molar-refractivity contribution in [3.8, 4) is 17.6 Å². The van der Waals surface area contributed by atoms with E-state index in [9.17, 15) is 14.9 Å². The second-order valence-electron chi connectivity index (χ2n) is 7.47. The fraction of sp³-hybridized carbons (Fsp3) is 0.250. The highest BCUT2D eigenvalue weighted by Gasteiger charge is 2.27. The molecule has 3 rings (SSSR count). The molecule has 2 aromatic carbocycles. The molecule has 0 saturated carbocycles. The first-order valence-electron chi connectivity index (χ1n) is 10.0. The van der Waals surface area contributed by atoms with Gasteiger partial charge in [-0.3, -0.25) is 9.59 Å². The summed E-state index contributed by atoms with van der Waals surface area (Å²) in [6.45, 7) is 4.36. The fourth-order valence-corrected chi connectivity index (χ4v) is 3.17. The molecule has 2 N–H and O–H groups in total. The van der Waals surface area contributed by atoms with Crippen molar-refractivity contribution in [2.45, 2.75) is 13.8 Å². The van der Waals surface area contributed by atoms with Crippen LogP contribution in [0.2, 0.25) is 0 Å². The monoisotopic (exact) mass is 432 g/mol. The summed E-state index contributed by atoms with van der Waals surface area (Å²) < 4.78 is 10.5. The largest absolute Gasteiger partial charge is 0.493 e. The molecule has 164 valence electrons. The first-order valence-corrected chi connectivity index (χ1v) is 10.0. The number of nitrogens with one attached hydrogen (secondary N) is 2. The highest BCUT2D eigenvalue weighted by atomic mass is 16.5. The van der Waals surface area contributed by atoms with Crippen LogP contribution in [0, 0.1) is 17.2 Å². The highest BCUT2D eigenvalue weighted by molar-refractivity contribution is 6.20. The molecule has 32 heavy (non-hydrogen) atoms. The van der Waals surface area contributed by atoms with Gasteiger partial charge in [0.15, 0.2) is 11.5 Å². The Bertz CT molecular complexity index is 1160. The van der Waals surface area contributed by atoms with Crippen LogP contribution in [-0.4, -0.2) is 38.4 Å². The van der Waals surface area contributed by atoms with Crippen LogP contribution in [-0.2, 0) is 4.79 Å². The summed E-state index contributed by atoms with van der Waals surface area (Å²) in [7, 11) is 3.00. The van der Waals surface area contributed by atoms with E-state index in [2.05, 4.69) is 15.6 Å².